The van der Waals surface area contributed by atoms with E-state index in [9.17, 15) is 4.79 Å². The molecular formula is C11H16N4O2. The molecule has 0 saturated carbocycles. The van der Waals surface area contributed by atoms with Crippen molar-refractivity contribution >= 4 is 11.9 Å². The molecule has 17 heavy (non-hydrogen) atoms. The predicted molar refractivity (Wildman–Crippen MR) is 62.8 cm³/mol. The van der Waals surface area contributed by atoms with E-state index in [2.05, 4.69) is 14.9 Å². The Kier molecular flexibility index (Phi) is 3.74. The van der Waals surface area contributed by atoms with Gasteiger partial charge < -0.3 is 14.5 Å². The van der Waals surface area contributed by atoms with E-state index in [0.29, 0.717) is 19.7 Å². The van der Waals surface area contributed by atoms with Gasteiger partial charge in [0, 0.05) is 38.6 Å². The molecule has 1 aliphatic heterocycles. The molecule has 0 bridgehead atoms. The minimum Gasteiger partial charge on any atom is -0.450 e. The predicted octanol–water partition coefficient (Wildman–Crippen LogP) is 0.755. The molecule has 1 aromatic rings. The van der Waals surface area contributed by atoms with Gasteiger partial charge in [-0.1, -0.05) is 0 Å². The van der Waals surface area contributed by atoms with E-state index in [1.165, 1.54) is 0 Å². The van der Waals surface area contributed by atoms with Gasteiger partial charge in [0.05, 0.1) is 12.8 Å². The van der Waals surface area contributed by atoms with E-state index in [-0.39, 0.29) is 6.09 Å². The zero-order valence-corrected chi connectivity index (χ0v) is 9.87. The van der Waals surface area contributed by atoms with Crippen molar-refractivity contribution in [2.45, 2.75) is 6.92 Å². The molecule has 92 valence electrons. The molecule has 0 spiro atoms. The fourth-order valence-electron chi connectivity index (χ4n) is 1.79. The first-order valence-electron chi connectivity index (χ1n) is 5.74. The minimum atomic E-state index is -0.230. The summed E-state index contributed by atoms with van der Waals surface area (Å²) >= 11 is 0. The fraction of sp³-hybridized carbons (Fsp3) is 0.545. The Bertz CT molecular complexity index is 363. The van der Waals surface area contributed by atoms with Crippen LogP contribution in [0.15, 0.2) is 18.6 Å². The molecule has 0 unspecified atom stereocenters. The summed E-state index contributed by atoms with van der Waals surface area (Å²) in [5, 5.41) is 0. The average molecular weight is 236 g/mol. The third-order valence-electron chi connectivity index (χ3n) is 2.68. The molecule has 0 radical (unpaired) electrons. The number of carbonyl (C=O) groups is 1. The molecule has 0 aliphatic carbocycles. The minimum absolute atomic E-state index is 0.230. The molecule has 0 atom stereocenters. The van der Waals surface area contributed by atoms with Crippen LogP contribution in [0.2, 0.25) is 0 Å². The SMILES string of the molecule is CCOC(=O)N1CCN(c2cnccn2)CC1. The number of piperazine rings is 1. The van der Waals surface area contributed by atoms with Crippen molar-refractivity contribution in [3.63, 3.8) is 0 Å². The molecule has 2 heterocycles. The number of aromatic nitrogens is 2. The molecule has 1 aromatic heterocycles. The van der Waals surface area contributed by atoms with Gasteiger partial charge in [-0.3, -0.25) is 4.98 Å². The highest BCUT2D eigenvalue weighted by molar-refractivity contribution is 5.68. The molecular weight excluding hydrogens is 220 g/mol. The highest BCUT2D eigenvalue weighted by Gasteiger charge is 2.22. The van der Waals surface area contributed by atoms with Crippen LogP contribution >= 0.6 is 0 Å². The van der Waals surface area contributed by atoms with Gasteiger partial charge in [-0.2, -0.15) is 0 Å². The van der Waals surface area contributed by atoms with Crippen molar-refractivity contribution in [1.29, 1.82) is 0 Å². The Labute approximate surface area is 100 Å². The number of rotatable bonds is 2. The van der Waals surface area contributed by atoms with E-state index in [0.717, 1.165) is 18.9 Å². The first-order chi connectivity index (χ1) is 8.31. The highest BCUT2D eigenvalue weighted by Crippen LogP contribution is 2.11. The fourth-order valence-corrected chi connectivity index (χ4v) is 1.79. The van der Waals surface area contributed by atoms with Gasteiger partial charge in [0.25, 0.3) is 0 Å². The molecule has 2 rings (SSSR count). The Morgan fingerprint density at radius 3 is 2.71 bits per heavy atom. The van der Waals surface area contributed by atoms with Crippen molar-refractivity contribution < 1.29 is 9.53 Å². The zero-order valence-electron chi connectivity index (χ0n) is 9.87. The largest absolute Gasteiger partial charge is 0.450 e. The summed E-state index contributed by atoms with van der Waals surface area (Å²) in [6.07, 6.45) is 4.83. The lowest BCUT2D eigenvalue weighted by Gasteiger charge is -2.34. The number of amides is 1. The normalized spacial score (nSPS) is 15.8. The van der Waals surface area contributed by atoms with Gasteiger partial charge in [0.15, 0.2) is 0 Å². The van der Waals surface area contributed by atoms with E-state index < -0.39 is 0 Å². The van der Waals surface area contributed by atoms with Gasteiger partial charge in [-0.05, 0) is 6.92 Å². The lowest BCUT2D eigenvalue weighted by molar-refractivity contribution is 0.105. The average Bonchev–Trinajstić information content (AvgIpc) is 2.40. The summed E-state index contributed by atoms with van der Waals surface area (Å²) in [5.74, 6) is 0.857. The quantitative estimate of drug-likeness (QED) is 0.758. The van der Waals surface area contributed by atoms with Gasteiger partial charge >= 0.3 is 6.09 Å². The summed E-state index contributed by atoms with van der Waals surface area (Å²) in [4.78, 5) is 23.6. The Morgan fingerprint density at radius 2 is 2.12 bits per heavy atom. The van der Waals surface area contributed by atoms with Crippen molar-refractivity contribution in [2.75, 3.05) is 37.7 Å². The number of hydrogen-bond donors (Lipinski definition) is 0. The van der Waals surface area contributed by atoms with Crippen LogP contribution < -0.4 is 4.90 Å². The summed E-state index contributed by atoms with van der Waals surface area (Å²) in [6, 6.07) is 0. The number of carbonyl (C=O) groups excluding carboxylic acids is 1. The molecule has 1 aliphatic rings. The van der Waals surface area contributed by atoms with Crippen LogP contribution in [-0.2, 0) is 4.74 Å². The topological polar surface area (TPSA) is 58.6 Å². The summed E-state index contributed by atoms with van der Waals surface area (Å²) in [5.41, 5.74) is 0. The molecule has 0 N–H and O–H groups in total. The third-order valence-corrected chi connectivity index (χ3v) is 2.68. The van der Waals surface area contributed by atoms with E-state index >= 15 is 0 Å². The second-order valence-corrected chi connectivity index (χ2v) is 3.74. The molecule has 0 aromatic carbocycles. The Balaban J connectivity index is 1.88. The van der Waals surface area contributed by atoms with Crippen LogP contribution in [0.3, 0.4) is 0 Å². The van der Waals surface area contributed by atoms with Crippen molar-refractivity contribution in [3.8, 4) is 0 Å². The van der Waals surface area contributed by atoms with Crippen LogP contribution in [0.4, 0.5) is 10.6 Å². The molecule has 1 saturated heterocycles. The summed E-state index contributed by atoms with van der Waals surface area (Å²) in [7, 11) is 0. The van der Waals surface area contributed by atoms with Crippen molar-refractivity contribution in [2.24, 2.45) is 0 Å². The van der Waals surface area contributed by atoms with Gasteiger partial charge in [-0.25, -0.2) is 9.78 Å². The van der Waals surface area contributed by atoms with Crippen LogP contribution in [0.25, 0.3) is 0 Å². The number of ether oxygens (including phenoxy) is 1. The lowest BCUT2D eigenvalue weighted by Crippen LogP contribution is -2.49. The van der Waals surface area contributed by atoms with Crippen LogP contribution in [0.5, 0.6) is 0 Å². The van der Waals surface area contributed by atoms with Crippen LogP contribution in [0.1, 0.15) is 6.92 Å². The number of hydrogen-bond acceptors (Lipinski definition) is 5. The molecule has 1 fully saturated rings. The first-order valence-corrected chi connectivity index (χ1v) is 5.74. The maximum atomic E-state index is 11.5. The molecule has 6 heteroatoms. The monoisotopic (exact) mass is 236 g/mol. The number of nitrogens with zero attached hydrogens (tertiary/aromatic N) is 4. The first kappa shape index (κ1) is 11.6. The Hall–Kier alpha value is -1.85. The maximum Gasteiger partial charge on any atom is 0.409 e. The Morgan fingerprint density at radius 1 is 1.35 bits per heavy atom. The number of anilines is 1. The zero-order chi connectivity index (χ0) is 12.1. The third kappa shape index (κ3) is 2.83. The van der Waals surface area contributed by atoms with E-state index in [1.54, 1.807) is 23.5 Å². The van der Waals surface area contributed by atoms with Gasteiger partial charge in [0.2, 0.25) is 0 Å². The molecule has 6 nitrogen and oxygen atoms in total. The van der Waals surface area contributed by atoms with Crippen LogP contribution in [0, 0.1) is 0 Å². The van der Waals surface area contributed by atoms with E-state index in [1.807, 2.05) is 6.92 Å². The van der Waals surface area contributed by atoms with Crippen molar-refractivity contribution in [1.82, 2.24) is 14.9 Å². The molecule has 1 amide bonds. The maximum absolute atomic E-state index is 11.5. The van der Waals surface area contributed by atoms with E-state index in [4.69, 9.17) is 4.74 Å². The van der Waals surface area contributed by atoms with Crippen LogP contribution in [-0.4, -0.2) is 53.7 Å². The van der Waals surface area contributed by atoms with Gasteiger partial charge in [0.1, 0.15) is 5.82 Å². The van der Waals surface area contributed by atoms with Crippen molar-refractivity contribution in [3.05, 3.63) is 18.6 Å². The highest BCUT2D eigenvalue weighted by atomic mass is 16.6. The summed E-state index contributed by atoms with van der Waals surface area (Å²) in [6.45, 7) is 5.08. The second-order valence-electron chi connectivity index (χ2n) is 3.74. The smallest absolute Gasteiger partial charge is 0.409 e. The summed E-state index contributed by atoms with van der Waals surface area (Å²) < 4.78 is 4.96. The van der Waals surface area contributed by atoms with Gasteiger partial charge in [-0.15, -0.1) is 0 Å². The lowest BCUT2D eigenvalue weighted by atomic mass is 10.3. The standard InChI is InChI=1S/C11H16N4O2/c1-2-17-11(16)15-7-5-14(6-8-15)10-9-12-3-4-13-10/h3-4,9H,2,5-8H2,1H3. The second kappa shape index (κ2) is 5.47.